The van der Waals surface area contributed by atoms with Crippen molar-refractivity contribution in [3.63, 3.8) is 0 Å². The normalized spacial score (nSPS) is 31.0. The van der Waals surface area contributed by atoms with Crippen LogP contribution in [0, 0.1) is 24.6 Å². The van der Waals surface area contributed by atoms with E-state index in [-0.39, 0.29) is 17.6 Å². The minimum Gasteiger partial charge on any atom is -0.494 e. The van der Waals surface area contributed by atoms with Crippen LogP contribution in [-0.4, -0.2) is 14.8 Å². The zero-order valence-corrected chi connectivity index (χ0v) is 12.4. The summed E-state index contributed by atoms with van der Waals surface area (Å²) in [6, 6.07) is 4.66. The molecule has 0 spiro atoms. The Labute approximate surface area is 128 Å². The molecule has 3 nitrogen and oxygen atoms in total. The van der Waals surface area contributed by atoms with Gasteiger partial charge in [0, 0.05) is 11.1 Å². The second-order valence-electron chi connectivity index (χ2n) is 7.10. The van der Waals surface area contributed by atoms with E-state index in [0.29, 0.717) is 34.9 Å². The van der Waals surface area contributed by atoms with Gasteiger partial charge in [-0.2, -0.15) is 0 Å². The van der Waals surface area contributed by atoms with Crippen LogP contribution in [0.2, 0.25) is 0 Å². The molecule has 6 rings (SSSR count). The molecule has 22 heavy (non-hydrogen) atoms. The van der Waals surface area contributed by atoms with Crippen LogP contribution in [0.25, 0.3) is 5.69 Å². The maximum absolute atomic E-state index is 13.5. The fourth-order valence-electron chi connectivity index (χ4n) is 4.99. The lowest BCUT2D eigenvalue weighted by atomic mass is 9.68. The summed E-state index contributed by atoms with van der Waals surface area (Å²) in [4.78, 5) is 0. The number of fused-ring (bicyclic) bond motifs is 1. The van der Waals surface area contributed by atoms with Crippen molar-refractivity contribution in [2.45, 2.75) is 38.0 Å². The SMILES string of the molecule is Cc1cc(-n2c(O)c3c(c2O)[C@@H]2CC[C@H]3[C@H]3C[C@H]32)ccc1F. The number of aryl methyl sites for hydroxylation is 1. The first-order valence-corrected chi connectivity index (χ1v) is 8.01. The molecule has 4 atom stereocenters. The zero-order valence-electron chi connectivity index (χ0n) is 12.4. The van der Waals surface area contributed by atoms with E-state index in [4.69, 9.17) is 0 Å². The first-order chi connectivity index (χ1) is 10.6. The molecule has 1 heterocycles. The van der Waals surface area contributed by atoms with Crippen LogP contribution in [0.4, 0.5) is 4.39 Å². The lowest BCUT2D eigenvalue weighted by Gasteiger charge is -2.35. The van der Waals surface area contributed by atoms with Gasteiger partial charge in [0.2, 0.25) is 11.8 Å². The third-order valence-corrected chi connectivity index (χ3v) is 6.05. The smallest absolute Gasteiger partial charge is 0.202 e. The molecular formula is C18H18FNO2. The molecule has 0 radical (unpaired) electrons. The maximum atomic E-state index is 13.5. The van der Waals surface area contributed by atoms with Gasteiger partial charge < -0.3 is 10.2 Å². The molecule has 0 amide bonds. The van der Waals surface area contributed by atoms with Crippen LogP contribution in [0.3, 0.4) is 0 Å². The Bertz CT molecular complexity index is 770. The standard InChI is InChI=1S/C18H18FNO2/c1-8-6-9(2-5-14(8)19)20-17(21)15-10-3-4-11(13-7-12(10)13)16(15)18(20)22/h2,5-6,10-13,21-22H,3-4,7H2,1H3/t10-,11+,12+,13-. The van der Waals surface area contributed by atoms with E-state index in [1.54, 1.807) is 19.1 Å². The molecule has 2 N–H and O–H groups in total. The number of halogens is 1. The summed E-state index contributed by atoms with van der Waals surface area (Å²) in [5, 5.41) is 21.5. The van der Waals surface area contributed by atoms with Gasteiger partial charge in [-0.15, -0.1) is 0 Å². The highest BCUT2D eigenvalue weighted by Gasteiger charge is 2.58. The summed E-state index contributed by atoms with van der Waals surface area (Å²) in [5.74, 6) is 2.19. The van der Waals surface area contributed by atoms with E-state index in [9.17, 15) is 14.6 Å². The topological polar surface area (TPSA) is 45.4 Å². The summed E-state index contributed by atoms with van der Waals surface area (Å²) in [6.45, 7) is 1.69. The Morgan fingerprint density at radius 1 is 1.05 bits per heavy atom. The Balaban J connectivity index is 1.74. The molecule has 4 aliphatic rings. The van der Waals surface area contributed by atoms with Crippen LogP contribution in [0.1, 0.15) is 47.8 Å². The van der Waals surface area contributed by atoms with E-state index in [1.165, 1.54) is 17.1 Å². The van der Waals surface area contributed by atoms with Gasteiger partial charge in [0.15, 0.2) is 0 Å². The Hall–Kier alpha value is -1.97. The average Bonchev–Trinajstić information content (AvgIpc) is 3.28. The first-order valence-electron chi connectivity index (χ1n) is 8.01. The summed E-state index contributed by atoms with van der Waals surface area (Å²) in [6.07, 6.45) is 3.45. The van der Waals surface area contributed by atoms with Crippen LogP contribution in [-0.2, 0) is 0 Å². The molecule has 2 fully saturated rings. The van der Waals surface area contributed by atoms with Crippen molar-refractivity contribution in [3.05, 3.63) is 40.7 Å². The number of hydrogen-bond acceptors (Lipinski definition) is 2. The van der Waals surface area contributed by atoms with Gasteiger partial charge in [0.1, 0.15) is 5.82 Å². The van der Waals surface area contributed by atoms with Gasteiger partial charge in [-0.05, 0) is 73.6 Å². The molecule has 2 aromatic rings. The van der Waals surface area contributed by atoms with E-state index in [1.807, 2.05) is 0 Å². The summed E-state index contributed by atoms with van der Waals surface area (Å²) in [7, 11) is 0. The van der Waals surface area contributed by atoms with Crippen molar-refractivity contribution >= 4 is 0 Å². The van der Waals surface area contributed by atoms with Gasteiger partial charge in [-0.3, -0.25) is 4.57 Å². The fourth-order valence-corrected chi connectivity index (χ4v) is 4.99. The van der Waals surface area contributed by atoms with Crippen molar-refractivity contribution in [1.29, 1.82) is 0 Å². The van der Waals surface area contributed by atoms with Gasteiger partial charge >= 0.3 is 0 Å². The predicted octanol–water partition coefficient (Wildman–Crippen LogP) is 3.95. The molecule has 2 saturated carbocycles. The largest absolute Gasteiger partial charge is 0.494 e. The molecular weight excluding hydrogens is 281 g/mol. The number of rotatable bonds is 1. The Morgan fingerprint density at radius 3 is 2.18 bits per heavy atom. The summed E-state index contributed by atoms with van der Waals surface area (Å²) >= 11 is 0. The molecule has 1 aromatic carbocycles. The molecule has 0 aliphatic heterocycles. The van der Waals surface area contributed by atoms with Crippen LogP contribution >= 0.6 is 0 Å². The van der Waals surface area contributed by atoms with Gasteiger partial charge in [0.05, 0.1) is 5.69 Å². The quantitative estimate of drug-likeness (QED) is 0.837. The van der Waals surface area contributed by atoms with E-state index in [0.717, 1.165) is 24.0 Å². The third kappa shape index (κ3) is 1.36. The zero-order chi connectivity index (χ0) is 15.2. The van der Waals surface area contributed by atoms with Gasteiger partial charge in [-0.1, -0.05) is 0 Å². The van der Waals surface area contributed by atoms with Gasteiger partial charge in [0.25, 0.3) is 0 Å². The number of nitrogens with zero attached hydrogens (tertiary/aromatic N) is 1. The first kappa shape index (κ1) is 12.6. The molecule has 0 saturated heterocycles. The lowest BCUT2D eigenvalue weighted by molar-refractivity contribution is 0.322. The van der Waals surface area contributed by atoms with E-state index in [2.05, 4.69) is 0 Å². The fraction of sp³-hybridized carbons (Fsp3) is 0.444. The van der Waals surface area contributed by atoms with Crippen molar-refractivity contribution in [3.8, 4) is 17.4 Å². The number of hydrogen-bond donors (Lipinski definition) is 2. The molecule has 0 unspecified atom stereocenters. The molecule has 4 heteroatoms. The van der Waals surface area contributed by atoms with Crippen LogP contribution in [0.15, 0.2) is 18.2 Å². The summed E-state index contributed by atoms with van der Waals surface area (Å²) < 4.78 is 15.0. The minimum absolute atomic E-state index is 0.151. The molecule has 4 aliphatic carbocycles. The van der Waals surface area contributed by atoms with Crippen molar-refractivity contribution in [2.75, 3.05) is 0 Å². The van der Waals surface area contributed by atoms with Gasteiger partial charge in [-0.25, -0.2) is 4.39 Å². The predicted molar refractivity (Wildman–Crippen MR) is 80.1 cm³/mol. The number of aromatic nitrogens is 1. The van der Waals surface area contributed by atoms with Crippen LogP contribution < -0.4 is 0 Å². The van der Waals surface area contributed by atoms with Crippen molar-refractivity contribution in [1.82, 2.24) is 4.57 Å². The second kappa shape index (κ2) is 3.86. The molecule has 1 aromatic heterocycles. The van der Waals surface area contributed by atoms with E-state index < -0.39 is 0 Å². The molecule has 114 valence electrons. The summed E-state index contributed by atoms with van der Waals surface area (Å²) in [5.41, 5.74) is 3.04. The second-order valence-corrected chi connectivity index (χ2v) is 7.10. The van der Waals surface area contributed by atoms with Crippen molar-refractivity contribution in [2.24, 2.45) is 11.8 Å². The highest BCUT2D eigenvalue weighted by atomic mass is 19.1. The third-order valence-electron chi connectivity index (χ3n) is 6.05. The Kier molecular flexibility index (Phi) is 2.20. The number of aromatic hydroxyl groups is 2. The Morgan fingerprint density at radius 2 is 1.64 bits per heavy atom. The average molecular weight is 299 g/mol. The van der Waals surface area contributed by atoms with Crippen molar-refractivity contribution < 1.29 is 14.6 Å². The maximum Gasteiger partial charge on any atom is 0.202 e. The van der Waals surface area contributed by atoms with E-state index >= 15 is 0 Å². The highest BCUT2D eigenvalue weighted by molar-refractivity contribution is 5.59. The monoisotopic (exact) mass is 299 g/mol. The lowest BCUT2D eigenvalue weighted by Crippen LogP contribution is -2.22. The molecule has 2 bridgehead atoms. The number of benzene rings is 1. The minimum atomic E-state index is -0.277. The highest BCUT2D eigenvalue weighted by Crippen LogP contribution is 2.70. The van der Waals surface area contributed by atoms with Crippen LogP contribution in [0.5, 0.6) is 11.8 Å².